The van der Waals surface area contributed by atoms with E-state index in [4.69, 9.17) is 16.3 Å². The molecule has 0 atom stereocenters. The van der Waals surface area contributed by atoms with Crippen LogP contribution < -0.4 is 0 Å². The Bertz CT molecular complexity index is 534. The summed E-state index contributed by atoms with van der Waals surface area (Å²) < 4.78 is 7.56. The minimum absolute atomic E-state index is 0.430. The molecule has 1 fully saturated rings. The number of imidazole rings is 1. The SMILES string of the molecule is ClCc1nc2cccnc2n1CC1CCOCC1. The second-order valence-corrected chi connectivity index (χ2v) is 4.94. The molecular formula is C13H16ClN3O. The quantitative estimate of drug-likeness (QED) is 0.801. The van der Waals surface area contributed by atoms with Crippen molar-refractivity contribution in [1.82, 2.24) is 14.5 Å². The molecule has 3 heterocycles. The Balaban J connectivity index is 1.93. The summed E-state index contributed by atoms with van der Waals surface area (Å²) in [4.78, 5) is 8.96. The molecule has 0 N–H and O–H groups in total. The zero-order valence-corrected chi connectivity index (χ0v) is 10.9. The Kier molecular flexibility index (Phi) is 3.48. The van der Waals surface area contributed by atoms with Gasteiger partial charge in [-0.05, 0) is 30.9 Å². The normalized spacial score (nSPS) is 17.4. The standard InChI is InChI=1S/C13H16ClN3O/c14-8-12-16-11-2-1-5-15-13(11)17(12)9-10-3-6-18-7-4-10/h1-2,5,10H,3-4,6-9H2. The largest absolute Gasteiger partial charge is 0.381 e. The van der Waals surface area contributed by atoms with Gasteiger partial charge in [-0.1, -0.05) is 0 Å². The highest BCUT2D eigenvalue weighted by molar-refractivity contribution is 6.16. The van der Waals surface area contributed by atoms with Gasteiger partial charge in [0.25, 0.3) is 0 Å². The fraction of sp³-hybridized carbons (Fsp3) is 0.538. The second-order valence-electron chi connectivity index (χ2n) is 4.67. The Morgan fingerprint density at radius 1 is 1.39 bits per heavy atom. The van der Waals surface area contributed by atoms with Gasteiger partial charge in [-0.3, -0.25) is 0 Å². The third-order valence-electron chi connectivity index (χ3n) is 3.48. The number of halogens is 1. The first-order valence-electron chi connectivity index (χ1n) is 6.32. The van der Waals surface area contributed by atoms with Crippen molar-refractivity contribution in [3.8, 4) is 0 Å². The van der Waals surface area contributed by atoms with E-state index in [2.05, 4.69) is 14.5 Å². The molecule has 3 rings (SSSR count). The monoisotopic (exact) mass is 265 g/mol. The molecule has 1 aliphatic rings. The van der Waals surface area contributed by atoms with Gasteiger partial charge in [0.1, 0.15) is 11.3 Å². The molecule has 4 nitrogen and oxygen atoms in total. The van der Waals surface area contributed by atoms with Gasteiger partial charge >= 0.3 is 0 Å². The van der Waals surface area contributed by atoms with Crippen LogP contribution in [0.1, 0.15) is 18.7 Å². The zero-order valence-electron chi connectivity index (χ0n) is 10.2. The van der Waals surface area contributed by atoms with Crippen molar-refractivity contribution >= 4 is 22.8 Å². The molecule has 96 valence electrons. The lowest BCUT2D eigenvalue weighted by atomic mass is 10.0. The van der Waals surface area contributed by atoms with E-state index in [1.807, 2.05) is 18.3 Å². The molecular weight excluding hydrogens is 250 g/mol. The minimum atomic E-state index is 0.430. The van der Waals surface area contributed by atoms with Gasteiger partial charge in [-0.25, -0.2) is 9.97 Å². The van der Waals surface area contributed by atoms with Crippen molar-refractivity contribution in [2.24, 2.45) is 5.92 Å². The predicted molar refractivity (Wildman–Crippen MR) is 70.6 cm³/mol. The number of fused-ring (bicyclic) bond motifs is 1. The van der Waals surface area contributed by atoms with Crippen molar-refractivity contribution in [3.05, 3.63) is 24.2 Å². The average Bonchev–Trinajstić information content (AvgIpc) is 2.78. The summed E-state index contributed by atoms with van der Waals surface area (Å²) in [5.74, 6) is 1.98. The van der Waals surface area contributed by atoms with Gasteiger partial charge in [-0.15, -0.1) is 11.6 Å². The van der Waals surface area contributed by atoms with Crippen LogP contribution in [0, 0.1) is 5.92 Å². The van der Waals surface area contributed by atoms with Gasteiger partial charge in [0.05, 0.1) is 5.88 Å². The summed E-state index contributed by atoms with van der Waals surface area (Å²) in [5, 5.41) is 0. The molecule has 18 heavy (non-hydrogen) atoms. The highest BCUT2D eigenvalue weighted by Gasteiger charge is 2.18. The molecule has 1 aliphatic heterocycles. The first-order chi connectivity index (χ1) is 8.88. The Labute approximate surface area is 111 Å². The molecule has 0 aromatic carbocycles. The van der Waals surface area contributed by atoms with Gasteiger partial charge in [-0.2, -0.15) is 0 Å². The van der Waals surface area contributed by atoms with E-state index in [0.717, 1.165) is 49.6 Å². The topological polar surface area (TPSA) is 39.9 Å². The van der Waals surface area contributed by atoms with E-state index in [1.54, 1.807) is 0 Å². The van der Waals surface area contributed by atoms with E-state index in [9.17, 15) is 0 Å². The third kappa shape index (κ3) is 2.22. The minimum Gasteiger partial charge on any atom is -0.381 e. The van der Waals surface area contributed by atoms with Crippen LogP contribution in [0.4, 0.5) is 0 Å². The second kappa shape index (κ2) is 5.24. The highest BCUT2D eigenvalue weighted by Crippen LogP contribution is 2.22. The maximum Gasteiger partial charge on any atom is 0.160 e. The molecule has 0 aliphatic carbocycles. The Morgan fingerprint density at radius 3 is 3.00 bits per heavy atom. The van der Waals surface area contributed by atoms with E-state index in [1.165, 1.54) is 0 Å². The van der Waals surface area contributed by atoms with Crippen molar-refractivity contribution in [1.29, 1.82) is 0 Å². The van der Waals surface area contributed by atoms with Crippen LogP contribution in [-0.4, -0.2) is 27.7 Å². The van der Waals surface area contributed by atoms with E-state index >= 15 is 0 Å². The molecule has 0 saturated carbocycles. The van der Waals surface area contributed by atoms with Crippen LogP contribution >= 0.6 is 11.6 Å². The molecule has 0 bridgehead atoms. The number of nitrogens with zero attached hydrogens (tertiary/aromatic N) is 3. The molecule has 0 amide bonds. The van der Waals surface area contributed by atoms with Crippen molar-refractivity contribution in [2.75, 3.05) is 13.2 Å². The lowest BCUT2D eigenvalue weighted by Gasteiger charge is -2.23. The predicted octanol–water partition coefficient (Wildman–Crippen LogP) is 2.60. The van der Waals surface area contributed by atoms with Gasteiger partial charge in [0.15, 0.2) is 5.65 Å². The Morgan fingerprint density at radius 2 is 2.22 bits per heavy atom. The van der Waals surface area contributed by atoms with Gasteiger partial charge in [0.2, 0.25) is 0 Å². The number of aromatic nitrogens is 3. The van der Waals surface area contributed by atoms with Crippen LogP contribution in [0.5, 0.6) is 0 Å². The fourth-order valence-electron chi connectivity index (χ4n) is 2.49. The molecule has 1 saturated heterocycles. The van der Waals surface area contributed by atoms with Crippen molar-refractivity contribution in [2.45, 2.75) is 25.3 Å². The van der Waals surface area contributed by atoms with Gasteiger partial charge in [0, 0.05) is 26.0 Å². The summed E-state index contributed by atoms with van der Waals surface area (Å²) in [5.41, 5.74) is 1.87. The summed E-state index contributed by atoms with van der Waals surface area (Å²) in [6, 6.07) is 3.89. The third-order valence-corrected chi connectivity index (χ3v) is 3.72. The number of ether oxygens (including phenoxy) is 1. The fourth-order valence-corrected chi connectivity index (χ4v) is 2.69. The first-order valence-corrected chi connectivity index (χ1v) is 6.86. The maximum absolute atomic E-state index is 5.99. The van der Waals surface area contributed by atoms with Crippen LogP contribution in [0.3, 0.4) is 0 Å². The van der Waals surface area contributed by atoms with Crippen LogP contribution in [-0.2, 0) is 17.2 Å². The van der Waals surface area contributed by atoms with E-state index in [-0.39, 0.29) is 0 Å². The van der Waals surface area contributed by atoms with Gasteiger partial charge < -0.3 is 9.30 Å². The van der Waals surface area contributed by atoms with Crippen LogP contribution in [0.25, 0.3) is 11.2 Å². The number of hydrogen-bond donors (Lipinski definition) is 0. The van der Waals surface area contributed by atoms with E-state index < -0.39 is 0 Å². The molecule has 5 heteroatoms. The molecule has 0 spiro atoms. The molecule has 0 unspecified atom stereocenters. The molecule has 2 aromatic heterocycles. The number of pyridine rings is 1. The highest BCUT2D eigenvalue weighted by atomic mass is 35.5. The smallest absolute Gasteiger partial charge is 0.160 e. The van der Waals surface area contributed by atoms with Crippen LogP contribution in [0.2, 0.25) is 0 Å². The van der Waals surface area contributed by atoms with Crippen LogP contribution in [0.15, 0.2) is 18.3 Å². The summed E-state index contributed by atoms with van der Waals surface area (Å²) in [7, 11) is 0. The Hall–Kier alpha value is -1.13. The number of rotatable bonds is 3. The maximum atomic E-state index is 5.99. The average molecular weight is 266 g/mol. The molecule has 0 radical (unpaired) electrons. The number of hydrogen-bond acceptors (Lipinski definition) is 3. The number of alkyl halides is 1. The van der Waals surface area contributed by atoms with Crippen molar-refractivity contribution in [3.63, 3.8) is 0 Å². The lowest BCUT2D eigenvalue weighted by molar-refractivity contribution is 0.0613. The summed E-state index contributed by atoms with van der Waals surface area (Å²) in [6.07, 6.45) is 4.02. The summed E-state index contributed by atoms with van der Waals surface area (Å²) >= 11 is 5.99. The molecule has 2 aromatic rings. The lowest BCUT2D eigenvalue weighted by Crippen LogP contribution is -2.21. The zero-order chi connectivity index (χ0) is 12.4. The van der Waals surface area contributed by atoms with E-state index in [0.29, 0.717) is 11.8 Å². The first kappa shape index (κ1) is 11.9. The van der Waals surface area contributed by atoms with Crippen molar-refractivity contribution < 1.29 is 4.74 Å². The summed E-state index contributed by atoms with van der Waals surface area (Å²) in [6.45, 7) is 2.67.